The largest absolute Gasteiger partial charge is 0.453 e. The molecule has 2 atom stereocenters. The number of hydrogen-bond donors (Lipinski definition) is 2. The molecule has 0 aliphatic carbocycles. The maximum Gasteiger partial charge on any atom is 0.406 e. The van der Waals surface area contributed by atoms with E-state index in [-0.39, 0.29) is 24.3 Å². The Morgan fingerprint density at radius 3 is 3.13 bits per heavy atom. The zero-order valence-electron chi connectivity index (χ0n) is 12.8. The lowest BCUT2D eigenvalue weighted by molar-refractivity contribution is -0.0864. The van der Waals surface area contributed by atoms with Crippen molar-refractivity contribution in [2.45, 2.75) is 12.2 Å². The summed E-state index contributed by atoms with van der Waals surface area (Å²) in [5.41, 5.74) is 0.337. The van der Waals surface area contributed by atoms with Crippen molar-refractivity contribution in [1.82, 2.24) is 10.6 Å². The van der Waals surface area contributed by atoms with E-state index in [0.29, 0.717) is 18.7 Å². The highest BCUT2D eigenvalue weighted by molar-refractivity contribution is 6.30. The van der Waals surface area contributed by atoms with Gasteiger partial charge in [-0.1, -0.05) is 23.7 Å². The number of morpholine rings is 1. The summed E-state index contributed by atoms with van der Waals surface area (Å²) in [6.07, 6.45) is -1.51. The number of methoxy groups -OCH3 is 1. The van der Waals surface area contributed by atoms with Crippen molar-refractivity contribution in [3.63, 3.8) is 0 Å². The van der Waals surface area contributed by atoms with E-state index in [2.05, 4.69) is 15.4 Å². The lowest BCUT2D eigenvalue weighted by atomic mass is 10.0. The number of amides is 1. The zero-order valence-corrected chi connectivity index (χ0v) is 13.6. The summed E-state index contributed by atoms with van der Waals surface area (Å²) >= 11 is 5.86. The quantitative estimate of drug-likeness (QED) is 0.770. The number of rotatable bonds is 6. The van der Waals surface area contributed by atoms with Gasteiger partial charge in [-0.15, -0.1) is 0 Å². The maximum absolute atomic E-state index is 14.3. The van der Waals surface area contributed by atoms with Crippen LogP contribution < -0.4 is 10.6 Å². The van der Waals surface area contributed by atoms with Gasteiger partial charge < -0.3 is 24.8 Å². The van der Waals surface area contributed by atoms with E-state index in [4.69, 9.17) is 21.1 Å². The van der Waals surface area contributed by atoms with E-state index < -0.39 is 18.0 Å². The molecule has 0 aromatic heterocycles. The molecule has 128 valence electrons. The number of carbonyl (C=O) groups is 1. The smallest absolute Gasteiger partial charge is 0.406 e. The van der Waals surface area contributed by atoms with Crippen LogP contribution in [-0.4, -0.2) is 52.2 Å². The highest BCUT2D eigenvalue weighted by Gasteiger charge is 2.29. The van der Waals surface area contributed by atoms with Crippen molar-refractivity contribution >= 4 is 17.7 Å². The van der Waals surface area contributed by atoms with Crippen molar-refractivity contribution in [1.29, 1.82) is 0 Å². The van der Waals surface area contributed by atoms with Crippen LogP contribution in [0.1, 0.15) is 11.7 Å². The van der Waals surface area contributed by atoms with Crippen LogP contribution in [0, 0.1) is 5.82 Å². The number of ether oxygens (including phenoxy) is 3. The average Bonchev–Trinajstić information content (AvgIpc) is 2.58. The number of halogens is 2. The molecule has 1 fully saturated rings. The number of benzene rings is 1. The van der Waals surface area contributed by atoms with Gasteiger partial charge >= 0.3 is 6.09 Å². The van der Waals surface area contributed by atoms with E-state index in [9.17, 15) is 9.18 Å². The second-order valence-electron chi connectivity index (χ2n) is 4.97. The van der Waals surface area contributed by atoms with Crippen molar-refractivity contribution in [2.75, 3.05) is 40.0 Å². The Morgan fingerprint density at radius 1 is 1.61 bits per heavy atom. The first kappa shape index (κ1) is 17.9. The fraction of sp³-hybridized carbons (Fsp3) is 0.533. The Morgan fingerprint density at radius 2 is 2.43 bits per heavy atom. The molecule has 8 heteroatoms. The molecule has 6 nitrogen and oxygen atoms in total. The summed E-state index contributed by atoms with van der Waals surface area (Å²) < 4.78 is 30.2. The molecule has 23 heavy (non-hydrogen) atoms. The van der Waals surface area contributed by atoms with Gasteiger partial charge in [-0.2, -0.15) is 0 Å². The average molecular weight is 347 g/mol. The van der Waals surface area contributed by atoms with Crippen molar-refractivity contribution in [2.24, 2.45) is 0 Å². The SMILES string of the molecule is COC(=O)NCCOC(c1cccc(Cl)c1F)C1CNCCO1. The molecule has 1 aromatic rings. The minimum absolute atomic E-state index is 0.0348. The minimum Gasteiger partial charge on any atom is -0.453 e. The second-order valence-corrected chi connectivity index (χ2v) is 5.37. The monoisotopic (exact) mass is 346 g/mol. The highest BCUT2D eigenvalue weighted by Crippen LogP contribution is 2.29. The fourth-order valence-corrected chi connectivity index (χ4v) is 2.51. The molecule has 0 radical (unpaired) electrons. The molecule has 0 bridgehead atoms. The van der Waals surface area contributed by atoms with Crippen LogP contribution in [0.3, 0.4) is 0 Å². The highest BCUT2D eigenvalue weighted by atomic mass is 35.5. The molecule has 0 saturated carbocycles. The van der Waals surface area contributed by atoms with Crippen LogP contribution in [0.4, 0.5) is 9.18 Å². The Kier molecular flexibility index (Phi) is 7.04. The first-order valence-corrected chi connectivity index (χ1v) is 7.71. The van der Waals surface area contributed by atoms with E-state index in [0.717, 1.165) is 6.54 Å². The molecule has 1 heterocycles. The zero-order chi connectivity index (χ0) is 16.7. The normalized spacial score (nSPS) is 19.2. The Hall–Kier alpha value is -1.41. The second kappa shape index (κ2) is 9.02. The molecular formula is C15H20ClFN2O4. The van der Waals surface area contributed by atoms with Gasteiger partial charge in [0.2, 0.25) is 0 Å². The molecule has 2 N–H and O–H groups in total. The minimum atomic E-state index is -0.624. The van der Waals surface area contributed by atoms with Crippen LogP contribution in [-0.2, 0) is 14.2 Å². The van der Waals surface area contributed by atoms with Crippen molar-refractivity contribution in [3.8, 4) is 0 Å². The van der Waals surface area contributed by atoms with Crippen LogP contribution >= 0.6 is 11.6 Å². The van der Waals surface area contributed by atoms with Crippen LogP contribution in [0.15, 0.2) is 18.2 Å². The first-order chi connectivity index (χ1) is 11.1. The van der Waals surface area contributed by atoms with Gasteiger partial charge in [-0.05, 0) is 6.07 Å². The van der Waals surface area contributed by atoms with Crippen LogP contribution in [0.25, 0.3) is 0 Å². The third-order valence-electron chi connectivity index (χ3n) is 3.44. The van der Waals surface area contributed by atoms with E-state index in [1.807, 2.05) is 0 Å². The van der Waals surface area contributed by atoms with Crippen molar-refractivity contribution < 1.29 is 23.4 Å². The molecule has 1 saturated heterocycles. The number of nitrogens with one attached hydrogen (secondary N) is 2. The molecular weight excluding hydrogens is 327 g/mol. The third kappa shape index (κ3) is 5.04. The fourth-order valence-electron chi connectivity index (χ4n) is 2.33. The number of alkyl carbamates (subject to hydrolysis) is 1. The maximum atomic E-state index is 14.3. The molecule has 1 amide bonds. The molecule has 2 unspecified atom stereocenters. The Balaban J connectivity index is 2.05. The van der Waals surface area contributed by atoms with Gasteiger partial charge in [0, 0.05) is 25.2 Å². The van der Waals surface area contributed by atoms with Crippen LogP contribution in [0.2, 0.25) is 5.02 Å². The predicted molar refractivity (Wildman–Crippen MR) is 83.1 cm³/mol. The summed E-state index contributed by atoms with van der Waals surface area (Å²) in [5, 5.41) is 5.73. The van der Waals surface area contributed by atoms with Gasteiger partial charge in [0.25, 0.3) is 0 Å². The van der Waals surface area contributed by atoms with E-state index >= 15 is 0 Å². The topological polar surface area (TPSA) is 68.8 Å². The lowest BCUT2D eigenvalue weighted by Gasteiger charge is -2.31. The van der Waals surface area contributed by atoms with E-state index in [1.54, 1.807) is 12.1 Å². The Bertz CT molecular complexity index is 526. The third-order valence-corrected chi connectivity index (χ3v) is 3.73. The summed E-state index contributed by atoms with van der Waals surface area (Å²) in [6.45, 7) is 2.23. The first-order valence-electron chi connectivity index (χ1n) is 7.33. The summed E-state index contributed by atoms with van der Waals surface area (Å²) in [7, 11) is 1.28. The standard InChI is InChI=1S/C15H20ClFN2O4/c1-21-15(20)19-6-8-23-14(12-9-18-5-7-22-12)10-3-2-4-11(16)13(10)17/h2-4,12,14,18H,5-9H2,1H3,(H,19,20). The molecule has 1 aliphatic heterocycles. The lowest BCUT2D eigenvalue weighted by Crippen LogP contribution is -2.43. The summed E-state index contributed by atoms with van der Waals surface area (Å²) in [6, 6.07) is 4.77. The van der Waals surface area contributed by atoms with Crippen LogP contribution in [0.5, 0.6) is 0 Å². The van der Waals surface area contributed by atoms with Gasteiger partial charge in [0.1, 0.15) is 18.0 Å². The van der Waals surface area contributed by atoms with Gasteiger partial charge in [-0.25, -0.2) is 9.18 Å². The Labute approximate surface area is 139 Å². The molecule has 0 spiro atoms. The van der Waals surface area contributed by atoms with Gasteiger partial charge in [-0.3, -0.25) is 0 Å². The van der Waals surface area contributed by atoms with E-state index in [1.165, 1.54) is 13.2 Å². The summed E-state index contributed by atoms with van der Waals surface area (Å²) in [4.78, 5) is 11.0. The predicted octanol–water partition coefficient (Wildman–Crippen LogP) is 1.88. The van der Waals surface area contributed by atoms with Crippen molar-refractivity contribution in [3.05, 3.63) is 34.6 Å². The summed E-state index contributed by atoms with van der Waals surface area (Å²) in [5.74, 6) is -0.519. The van der Waals surface area contributed by atoms with Gasteiger partial charge in [0.15, 0.2) is 0 Å². The number of carbonyl (C=O) groups excluding carboxylic acids is 1. The molecule has 1 aliphatic rings. The molecule has 2 rings (SSSR count). The van der Waals surface area contributed by atoms with Gasteiger partial charge in [0.05, 0.1) is 25.3 Å². The number of hydrogen-bond acceptors (Lipinski definition) is 5. The molecule has 1 aromatic carbocycles.